The number of benzene rings is 1. The molecular weight excluding hydrogens is 264 g/mol. The monoisotopic (exact) mass is 290 g/mol. The minimum atomic E-state index is -0.151. The summed E-state index contributed by atoms with van der Waals surface area (Å²) >= 11 is 0. The molecule has 0 radical (unpaired) electrons. The van der Waals surface area contributed by atoms with E-state index in [0.717, 1.165) is 58.3 Å². The maximum Gasteiger partial charge on any atom is 0.409 e. The molecule has 2 rings (SSSR count). The molecule has 21 heavy (non-hydrogen) atoms. The van der Waals surface area contributed by atoms with Gasteiger partial charge in [0.1, 0.15) is 0 Å². The van der Waals surface area contributed by atoms with Crippen LogP contribution in [-0.2, 0) is 11.2 Å². The lowest BCUT2D eigenvalue weighted by atomic mass is 10.1. The molecule has 0 atom stereocenters. The second kappa shape index (κ2) is 9.40. The van der Waals surface area contributed by atoms with Crippen molar-refractivity contribution in [2.45, 2.75) is 32.1 Å². The topological polar surface area (TPSA) is 41.6 Å². The lowest BCUT2D eigenvalue weighted by Crippen LogP contribution is -2.34. The molecule has 1 N–H and O–H groups in total. The molecule has 0 saturated carbocycles. The molecule has 1 heterocycles. The fourth-order valence-corrected chi connectivity index (χ4v) is 2.53. The third kappa shape index (κ3) is 6.17. The van der Waals surface area contributed by atoms with E-state index in [1.54, 1.807) is 0 Å². The summed E-state index contributed by atoms with van der Waals surface area (Å²) in [4.78, 5) is 13.7. The third-order valence-corrected chi connectivity index (χ3v) is 3.78. The molecule has 1 aromatic carbocycles. The molecule has 1 fully saturated rings. The number of nitrogens with one attached hydrogen (secondary N) is 1. The van der Waals surface area contributed by atoms with Gasteiger partial charge >= 0.3 is 6.09 Å². The molecule has 4 nitrogen and oxygen atoms in total. The normalized spacial score (nSPS) is 15.5. The first-order valence-corrected chi connectivity index (χ1v) is 8.02. The molecule has 1 aliphatic rings. The van der Waals surface area contributed by atoms with E-state index in [4.69, 9.17) is 4.74 Å². The molecule has 1 aromatic rings. The summed E-state index contributed by atoms with van der Waals surface area (Å²) in [5.74, 6) is 0. The van der Waals surface area contributed by atoms with Gasteiger partial charge in [-0.15, -0.1) is 0 Å². The van der Waals surface area contributed by atoms with Crippen molar-refractivity contribution in [3.63, 3.8) is 0 Å². The van der Waals surface area contributed by atoms with Crippen LogP contribution in [0.3, 0.4) is 0 Å². The van der Waals surface area contributed by atoms with Crippen molar-refractivity contribution in [1.82, 2.24) is 10.2 Å². The van der Waals surface area contributed by atoms with Crippen molar-refractivity contribution in [1.29, 1.82) is 0 Å². The Kier molecular flexibility index (Phi) is 7.08. The number of carbonyl (C=O) groups is 1. The molecule has 116 valence electrons. The van der Waals surface area contributed by atoms with E-state index >= 15 is 0 Å². The van der Waals surface area contributed by atoms with Crippen LogP contribution in [0.1, 0.15) is 31.2 Å². The van der Waals surface area contributed by atoms with Gasteiger partial charge in [-0.1, -0.05) is 30.3 Å². The van der Waals surface area contributed by atoms with Crippen LogP contribution in [-0.4, -0.2) is 43.8 Å². The number of carbonyl (C=O) groups excluding carboxylic acids is 1. The van der Waals surface area contributed by atoms with Crippen LogP contribution >= 0.6 is 0 Å². The van der Waals surface area contributed by atoms with Gasteiger partial charge in [0.2, 0.25) is 0 Å². The summed E-state index contributed by atoms with van der Waals surface area (Å²) in [5.41, 5.74) is 1.38. The summed E-state index contributed by atoms with van der Waals surface area (Å²) < 4.78 is 5.35. The maximum absolute atomic E-state index is 11.9. The van der Waals surface area contributed by atoms with Gasteiger partial charge in [0, 0.05) is 19.6 Å². The average molecular weight is 290 g/mol. The van der Waals surface area contributed by atoms with E-state index in [1.807, 2.05) is 11.0 Å². The van der Waals surface area contributed by atoms with E-state index in [9.17, 15) is 4.79 Å². The van der Waals surface area contributed by atoms with Gasteiger partial charge < -0.3 is 15.0 Å². The number of hydrogen-bond donors (Lipinski definition) is 1. The Balaban J connectivity index is 1.52. The molecule has 0 aliphatic carbocycles. The zero-order valence-corrected chi connectivity index (χ0v) is 12.7. The first-order chi connectivity index (χ1) is 10.4. The minimum Gasteiger partial charge on any atom is -0.449 e. The minimum absolute atomic E-state index is 0.151. The van der Waals surface area contributed by atoms with Crippen LogP contribution in [0, 0.1) is 0 Å². The molecule has 1 amide bonds. The van der Waals surface area contributed by atoms with Gasteiger partial charge in [-0.2, -0.15) is 0 Å². The van der Waals surface area contributed by atoms with Crippen molar-refractivity contribution < 1.29 is 9.53 Å². The number of aryl methyl sites for hydroxylation is 1. The van der Waals surface area contributed by atoms with Crippen molar-refractivity contribution in [2.75, 3.05) is 32.8 Å². The molecule has 1 aliphatic heterocycles. The van der Waals surface area contributed by atoms with Crippen LogP contribution in [0.15, 0.2) is 30.3 Å². The molecule has 0 aromatic heterocycles. The highest BCUT2D eigenvalue weighted by Gasteiger charge is 2.15. The smallest absolute Gasteiger partial charge is 0.409 e. The Labute approximate surface area is 127 Å². The van der Waals surface area contributed by atoms with E-state index in [1.165, 1.54) is 5.56 Å². The second-order valence-electron chi connectivity index (χ2n) is 5.50. The Morgan fingerprint density at radius 3 is 2.81 bits per heavy atom. The molecule has 0 bridgehead atoms. The summed E-state index contributed by atoms with van der Waals surface area (Å²) in [6, 6.07) is 10.5. The Morgan fingerprint density at radius 2 is 1.95 bits per heavy atom. The van der Waals surface area contributed by atoms with Gasteiger partial charge in [0.25, 0.3) is 0 Å². The highest BCUT2D eigenvalue weighted by molar-refractivity contribution is 5.67. The number of nitrogens with zero attached hydrogens (tertiary/aromatic N) is 1. The van der Waals surface area contributed by atoms with Crippen molar-refractivity contribution >= 4 is 6.09 Å². The zero-order valence-electron chi connectivity index (χ0n) is 12.7. The van der Waals surface area contributed by atoms with Gasteiger partial charge in [0.15, 0.2) is 0 Å². The van der Waals surface area contributed by atoms with E-state index in [2.05, 4.69) is 29.6 Å². The maximum atomic E-state index is 11.9. The lowest BCUT2D eigenvalue weighted by molar-refractivity contribution is 0.103. The average Bonchev–Trinajstić information content (AvgIpc) is 2.81. The Bertz CT molecular complexity index is 401. The second-order valence-corrected chi connectivity index (χ2v) is 5.50. The highest BCUT2D eigenvalue weighted by atomic mass is 16.6. The first kappa shape index (κ1) is 15.8. The molecule has 0 unspecified atom stereocenters. The van der Waals surface area contributed by atoms with Gasteiger partial charge in [0.05, 0.1) is 6.61 Å². The van der Waals surface area contributed by atoms with E-state index in [0.29, 0.717) is 6.61 Å². The fourth-order valence-electron chi connectivity index (χ4n) is 2.53. The van der Waals surface area contributed by atoms with Crippen LogP contribution < -0.4 is 5.32 Å². The number of hydrogen-bond acceptors (Lipinski definition) is 3. The predicted octanol–water partition coefficient (Wildman–Crippen LogP) is 2.83. The number of ether oxygens (including phenoxy) is 1. The zero-order chi connectivity index (χ0) is 14.8. The quantitative estimate of drug-likeness (QED) is 0.819. The van der Waals surface area contributed by atoms with E-state index in [-0.39, 0.29) is 6.09 Å². The van der Waals surface area contributed by atoms with Gasteiger partial charge in [-0.05, 0) is 44.2 Å². The first-order valence-electron chi connectivity index (χ1n) is 8.02. The highest BCUT2D eigenvalue weighted by Crippen LogP contribution is 2.07. The number of rotatable bonds is 6. The molecule has 4 heteroatoms. The molecule has 0 spiro atoms. The largest absolute Gasteiger partial charge is 0.449 e. The summed E-state index contributed by atoms with van der Waals surface area (Å²) in [5, 5.41) is 3.28. The summed E-state index contributed by atoms with van der Waals surface area (Å²) in [6.07, 6.45) is 5.16. The van der Waals surface area contributed by atoms with Crippen molar-refractivity contribution in [3.8, 4) is 0 Å². The van der Waals surface area contributed by atoms with Crippen LogP contribution in [0.5, 0.6) is 0 Å². The number of unbranched alkanes of at least 4 members (excludes halogenated alkanes) is 2. The van der Waals surface area contributed by atoms with Crippen LogP contribution in [0.4, 0.5) is 4.79 Å². The van der Waals surface area contributed by atoms with E-state index < -0.39 is 0 Å². The fraction of sp³-hybridized carbons (Fsp3) is 0.588. The van der Waals surface area contributed by atoms with Gasteiger partial charge in [-0.25, -0.2) is 4.79 Å². The standard InChI is InChI=1S/C17H26N2O2/c20-17(19-13-7-11-18-12-14-19)21-15-6-2-5-10-16-8-3-1-4-9-16/h1,3-4,8-9,18H,2,5-7,10-15H2. The molecule has 1 saturated heterocycles. The van der Waals surface area contributed by atoms with Crippen LogP contribution in [0.25, 0.3) is 0 Å². The third-order valence-electron chi connectivity index (χ3n) is 3.78. The van der Waals surface area contributed by atoms with Crippen molar-refractivity contribution in [2.24, 2.45) is 0 Å². The Morgan fingerprint density at radius 1 is 1.10 bits per heavy atom. The van der Waals surface area contributed by atoms with Crippen LogP contribution in [0.2, 0.25) is 0 Å². The summed E-state index contributed by atoms with van der Waals surface area (Å²) in [7, 11) is 0. The van der Waals surface area contributed by atoms with Crippen molar-refractivity contribution in [3.05, 3.63) is 35.9 Å². The SMILES string of the molecule is O=C(OCCCCCc1ccccc1)N1CCCNCC1. The Hall–Kier alpha value is -1.55. The van der Waals surface area contributed by atoms with Gasteiger partial charge in [-0.3, -0.25) is 0 Å². The number of amides is 1. The lowest BCUT2D eigenvalue weighted by Gasteiger charge is -2.19. The predicted molar refractivity (Wildman–Crippen MR) is 84.4 cm³/mol. The molecular formula is C17H26N2O2. The summed E-state index contributed by atoms with van der Waals surface area (Å²) in [6.45, 7) is 3.96.